The van der Waals surface area contributed by atoms with Gasteiger partial charge in [-0.25, -0.2) is 9.78 Å². The molecule has 25 heavy (non-hydrogen) atoms. The van der Waals surface area contributed by atoms with Gasteiger partial charge in [0.2, 0.25) is 5.88 Å². The molecule has 130 valence electrons. The predicted molar refractivity (Wildman–Crippen MR) is 94.7 cm³/mol. The molecule has 2 aromatic heterocycles. The van der Waals surface area contributed by atoms with Crippen LogP contribution in [0.2, 0.25) is 0 Å². The fourth-order valence-electron chi connectivity index (χ4n) is 2.49. The molecular weight excluding hydrogens is 320 g/mol. The van der Waals surface area contributed by atoms with Crippen LogP contribution in [0, 0.1) is 0 Å². The molecule has 0 fully saturated rings. The Balaban J connectivity index is 1.67. The first-order valence-corrected chi connectivity index (χ1v) is 8.02. The van der Waals surface area contributed by atoms with E-state index in [2.05, 4.69) is 15.3 Å². The molecule has 0 bridgehead atoms. The molecule has 2 heterocycles. The molecule has 0 radical (unpaired) electrons. The summed E-state index contributed by atoms with van der Waals surface area (Å²) in [7, 11) is 1.68. The fourth-order valence-corrected chi connectivity index (χ4v) is 2.49. The number of nitrogens with one attached hydrogen (secondary N) is 2. The van der Waals surface area contributed by atoms with Crippen LogP contribution in [0.5, 0.6) is 5.88 Å². The Bertz CT molecular complexity index is 955. The van der Waals surface area contributed by atoms with Gasteiger partial charge in [-0.3, -0.25) is 9.36 Å². The maximum Gasteiger partial charge on any atom is 0.326 e. The van der Waals surface area contributed by atoms with Gasteiger partial charge in [0, 0.05) is 31.4 Å². The summed E-state index contributed by atoms with van der Waals surface area (Å²) >= 11 is 0. The second kappa shape index (κ2) is 6.80. The average molecular weight is 340 g/mol. The summed E-state index contributed by atoms with van der Waals surface area (Å²) in [5.41, 5.74) is 2.55. The Morgan fingerprint density at radius 1 is 1.32 bits per heavy atom. The van der Waals surface area contributed by atoms with Gasteiger partial charge in [0.1, 0.15) is 0 Å². The van der Waals surface area contributed by atoms with E-state index in [1.165, 1.54) is 4.57 Å². The summed E-state index contributed by atoms with van der Waals surface area (Å²) in [6.07, 6.45) is 1.74. The van der Waals surface area contributed by atoms with Crippen LogP contribution >= 0.6 is 0 Å². The third-order valence-corrected chi connectivity index (χ3v) is 3.77. The van der Waals surface area contributed by atoms with Crippen molar-refractivity contribution in [1.82, 2.24) is 19.9 Å². The van der Waals surface area contributed by atoms with Crippen molar-refractivity contribution in [2.24, 2.45) is 7.05 Å². The van der Waals surface area contributed by atoms with Gasteiger partial charge in [-0.2, -0.15) is 0 Å². The van der Waals surface area contributed by atoms with Crippen LogP contribution in [0.25, 0.3) is 11.0 Å². The monoisotopic (exact) mass is 340 g/mol. The molecule has 0 saturated heterocycles. The first kappa shape index (κ1) is 16.8. The Hall–Kier alpha value is -3.09. The van der Waals surface area contributed by atoms with Crippen molar-refractivity contribution < 1.29 is 9.53 Å². The average Bonchev–Trinajstić information content (AvgIpc) is 2.87. The third kappa shape index (κ3) is 3.71. The second-order valence-corrected chi connectivity index (χ2v) is 6.08. The molecule has 0 aliphatic rings. The van der Waals surface area contributed by atoms with Crippen molar-refractivity contribution in [2.45, 2.75) is 26.5 Å². The number of aryl methyl sites for hydroxylation is 1. The van der Waals surface area contributed by atoms with Gasteiger partial charge in [0.15, 0.2) is 0 Å². The van der Waals surface area contributed by atoms with E-state index in [4.69, 9.17) is 4.74 Å². The first-order chi connectivity index (χ1) is 11.9. The van der Waals surface area contributed by atoms with E-state index in [9.17, 15) is 9.59 Å². The first-order valence-electron chi connectivity index (χ1n) is 8.02. The van der Waals surface area contributed by atoms with Gasteiger partial charge >= 0.3 is 5.69 Å². The summed E-state index contributed by atoms with van der Waals surface area (Å²) in [6.45, 7) is 4.23. The highest BCUT2D eigenvalue weighted by molar-refractivity contribution is 5.97. The number of fused-ring (bicyclic) bond motifs is 1. The van der Waals surface area contributed by atoms with Crippen LogP contribution in [-0.2, 0) is 13.6 Å². The number of hydrogen-bond donors (Lipinski definition) is 2. The molecule has 7 heteroatoms. The summed E-state index contributed by atoms with van der Waals surface area (Å²) in [5, 5.41) is 2.84. The number of nitrogens with zero attached hydrogens (tertiary/aromatic N) is 2. The molecule has 2 N–H and O–H groups in total. The lowest BCUT2D eigenvalue weighted by molar-refractivity contribution is 0.0951. The lowest BCUT2D eigenvalue weighted by Gasteiger charge is -2.09. The number of aromatic nitrogens is 3. The zero-order valence-corrected chi connectivity index (χ0v) is 14.4. The number of aromatic amines is 1. The maximum absolute atomic E-state index is 12.3. The van der Waals surface area contributed by atoms with E-state index in [0.717, 1.165) is 11.1 Å². The van der Waals surface area contributed by atoms with E-state index in [0.29, 0.717) is 23.5 Å². The van der Waals surface area contributed by atoms with Gasteiger partial charge in [-0.05, 0) is 37.6 Å². The van der Waals surface area contributed by atoms with Crippen molar-refractivity contribution >= 4 is 16.9 Å². The molecule has 3 aromatic rings. The standard InChI is InChI=1S/C18H20N4O3/c1-11(2)25-16-7-4-12(9-19-16)10-20-17(23)13-5-6-15-14(8-13)21-18(24)22(15)3/h4-9,11H,10H2,1-3H3,(H,20,23)(H,21,24). The van der Waals surface area contributed by atoms with Gasteiger partial charge in [-0.15, -0.1) is 0 Å². The molecule has 0 spiro atoms. The predicted octanol–water partition coefficient (Wildman–Crippen LogP) is 1.98. The molecular formula is C18H20N4O3. The molecule has 3 rings (SSSR count). The number of benzene rings is 1. The lowest BCUT2D eigenvalue weighted by atomic mass is 10.2. The minimum absolute atomic E-state index is 0.0670. The van der Waals surface area contributed by atoms with Crippen LogP contribution in [0.4, 0.5) is 0 Å². The number of imidazole rings is 1. The van der Waals surface area contributed by atoms with Gasteiger partial charge < -0.3 is 15.0 Å². The van der Waals surface area contributed by atoms with E-state index < -0.39 is 0 Å². The number of amides is 1. The number of hydrogen-bond acceptors (Lipinski definition) is 4. The van der Waals surface area contributed by atoms with Crippen molar-refractivity contribution in [3.8, 4) is 5.88 Å². The van der Waals surface area contributed by atoms with Crippen molar-refractivity contribution in [2.75, 3.05) is 0 Å². The lowest BCUT2D eigenvalue weighted by Crippen LogP contribution is -2.22. The van der Waals surface area contributed by atoms with E-state index in [1.54, 1.807) is 37.5 Å². The third-order valence-electron chi connectivity index (χ3n) is 3.77. The Morgan fingerprint density at radius 3 is 2.80 bits per heavy atom. The molecule has 7 nitrogen and oxygen atoms in total. The Kier molecular flexibility index (Phi) is 4.56. The van der Waals surface area contributed by atoms with Crippen LogP contribution in [0.15, 0.2) is 41.3 Å². The van der Waals surface area contributed by atoms with Crippen molar-refractivity contribution in [1.29, 1.82) is 0 Å². The molecule has 1 amide bonds. The van der Waals surface area contributed by atoms with E-state index in [-0.39, 0.29) is 17.7 Å². The number of ether oxygens (including phenoxy) is 1. The molecule has 0 atom stereocenters. The Morgan fingerprint density at radius 2 is 2.12 bits per heavy atom. The van der Waals surface area contributed by atoms with Crippen LogP contribution < -0.4 is 15.7 Å². The normalized spacial score (nSPS) is 11.0. The number of carbonyl (C=O) groups excluding carboxylic acids is 1. The van der Waals surface area contributed by atoms with Crippen LogP contribution in [0.3, 0.4) is 0 Å². The largest absolute Gasteiger partial charge is 0.475 e. The minimum Gasteiger partial charge on any atom is -0.475 e. The van der Waals surface area contributed by atoms with Crippen LogP contribution in [0.1, 0.15) is 29.8 Å². The molecule has 0 saturated carbocycles. The van der Waals surface area contributed by atoms with Crippen molar-refractivity contribution in [3.63, 3.8) is 0 Å². The smallest absolute Gasteiger partial charge is 0.326 e. The maximum atomic E-state index is 12.3. The summed E-state index contributed by atoms with van der Waals surface area (Å²) < 4.78 is 6.99. The molecule has 1 aromatic carbocycles. The molecule has 0 unspecified atom stereocenters. The zero-order valence-electron chi connectivity index (χ0n) is 14.4. The van der Waals surface area contributed by atoms with E-state index >= 15 is 0 Å². The van der Waals surface area contributed by atoms with Gasteiger partial charge in [-0.1, -0.05) is 6.07 Å². The van der Waals surface area contributed by atoms with Crippen LogP contribution in [-0.4, -0.2) is 26.5 Å². The summed E-state index contributed by atoms with van der Waals surface area (Å²) in [6, 6.07) is 8.76. The highest BCUT2D eigenvalue weighted by Crippen LogP contribution is 2.13. The number of rotatable bonds is 5. The van der Waals surface area contributed by atoms with Crippen molar-refractivity contribution in [3.05, 3.63) is 58.1 Å². The molecule has 0 aliphatic carbocycles. The highest BCUT2D eigenvalue weighted by atomic mass is 16.5. The summed E-state index contributed by atoms with van der Waals surface area (Å²) in [5.74, 6) is 0.345. The SMILES string of the molecule is CC(C)Oc1ccc(CNC(=O)c2ccc3c(c2)[nH]c(=O)n3C)cn1. The Labute approximate surface area is 144 Å². The number of pyridine rings is 1. The zero-order chi connectivity index (χ0) is 18.0. The van der Waals surface area contributed by atoms with Gasteiger partial charge in [0.05, 0.1) is 17.1 Å². The number of carbonyl (C=O) groups is 1. The van der Waals surface area contributed by atoms with E-state index in [1.807, 2.05) is 19.9 Å². The summed E-state index contributed by atoms with van der Waals surface area (Å²) in [4.78, 5) is 30.9. The fraction of sp³-hybridized carbons (Fsp3) is 0.278. The minimum atomic E-state index is -0.214. The van der Waals surface area contributed by atoms with Gasteiger partial charge in [0.25, 0.3) is 5.91 Å². The topological polar surface area (TPSA) is 89.0 Å². The molecule has 0 aliphatic heterocycles. The second-order valence-electron chi connectivity index (χ2n) is 6.08. The number of H-pyrrole nitrogens is 1. The highest BCUT2D eigenvalue weighted by Gasteiger charge is 2.09. The quantitative estimate of drug-likeness (QED) is 0.743.